The van der Waals surface area contributed by atoms with Crippen LogP contribution in [0.3, 0.4) is 0 Å². The maximum atomic E-state index is 12.7. The molecule has 0 aliphatic carbocycles. The first kappa shape index (κ1) is 20.5. The third-order valence-corrected chi connectivity index (χ3v) is 4.67. The van der Waals surface area contributed by atoms with Crippen molar-refractivity contribution in [1.29, 1.82) is 0 Å². The number of ether oxygens (including phenoxy) is 1. The fraction of sp³-hybridized carbons (Fsp3) is 0.273. The molecule has 0 atom stereocenters. The molecule has 9 heteroatoms. The van der Waals surface area contributed by atoms with Gasteiger partial charge in [0, 0.05) is 35.7 Å². The number of carbonyl (C=O) groups is 1. The standard InChI is InChI=1S/C22H24N6O3/c1-22(2,3)18-11-20(31-27-18)26-21(29)28-8-7-14-9-16(5-6-17(14)28)30-19-10-15(12-23-4)24-13-25-19/h5-11,13,23H,12H2,1-4H3,(H,26,29). The summed E-state index contributed by atoms with van der Waals surface area (Å²) in [6, 6.07) is 10.5. The van der Waals surface area contributed by atoms with Crippen molar-refractivity contribution in [2.75, 3.05) is 12.4 Å². The fourth-order valence-corrected chi connectivity index (χ4v) is 3.05. The third-order valence-electron chi connectivity index (χ3n) is 4.67. The van der Waals surface area contributed by atoms with Gasteiger partial charge in [-0.2, -0.15) is 0 Å². The van der Waals surface area contributed by atoms with Crippen molar-refractivity contribution in [3.63, 3.8) is 0 Å². The van der Waals surface area contributed by atoms with Gasteiger partial charge in [0.1, 0.15) is 12.1 Å². The lowest BCUT2D eigenvalue weighted by molar-refractivity contribution is 0.253. The summed E-state index contributed by atoms with van der Waals surface area (Å²) in [6.45, 7) is 6.70. The van der Waals surface area contributed by atoms with Gasteiger partial charge in [0.15, 0.2) is 0 Å². The summed E-state index contributed by atoms with van der Waals surface area (Å²) in [6.07, 6.45) is 3.16. The van der Waals surface area contributed by atoms with E-state index in [1.165, 1.54) is 10.9 Å². The minimum absolute atomic E-state index is 0.166. The van der Waals surface area contributed by atoms with Crippen LogP contribution in [0.25, 0.3) is 10.9 Å². The zero-order valence-corrected chi connectivity index (χ0v) is 17.8. The van der Waals surface area contributed by atoms with Gasteiger partial charge in [0.2, 0.25) is 11.8 Å². The lowest BCUT2D eigenvalue weighted by atomic mass is 9.92. The van der Waals surface area contributed by atoms with Crippen LogP contribution in [0.15, 0.2) is 53.4 Å². The molecular formula is C22H24N6O3. The first-order valence-corrected chi connectivity index (χ1v) is 9.86. The smallest absolute Gasteiger partial charge is 0.332 e. The monoisotopic (exact) mass is 420 g/mol. The first-order chi connectivity index (χ1) is 14.8. The molecule has 1 aromatic carbocycles. The van der Waals surface area contributed by atoms with Gasteiger partial charge in [0.25, 0.3) is 0 Å². The molecule has 31 heavy (non-hydrogen) atoms. The molecule has 2 N–H and O–H groups in total. The Kier molecular flexibility index (Phi) is 5.43. The van der Waals surface area contributed by atoms with Gasteiger partial charge >= 0.3 is 6.03 Å². The molecule has 0 aliphatic heterocycles. The number of rotatable bonds is 5. The molecule has 0 fully saturated rings. The Labute approximate surface area is 179 Å². The summed E-state index contributed by atoms with van der Waals surface area (Å²) < 4.78 is 12.6. The average Bonchev–Trinajstić information content (AvgIpc) is 3.35. The van der Waals surface area contributed by atoms with Crippen LogP contribution in [0.5, 0.6) is 11.6 Å². The Morgan fingerprint density at radius 2 is 2.00 bits per heavy atom. The SMILES string of the molecule is CNCc1cc(Oc2ccc3c(ccn3C(=O)Nc3cc(C(C)(C)C)no3)c2)ncn1. The van der Waals surface area contributed by atoms with E-state index in [0.717, 1.165) is 22.3 Å². The number of nitrogens with one attached hydrogen (secondary N) is 2. The van der Waals surface area contributed by atoms with Crippen molar-refractivity contribution >= 4 is 22.8 Å². The molecule has 0 spiro atoms. The predicted octanol–water partition coefficient (Wildman–Crippen LogP) is 4.31. The van der Waals surface area contributed by atoms with Crippen molar-refractivity contribution in [2.24, 2.45) is 0 Å². The van der Waals surface area contributed by atoms with Crippen LogP contribution in [0.4, 0.5) is 10.7 Å². The largest absolute Gasteiger partial charge is 0.439 e. The van der Waals surface area contributed by atoms with Gasteiger partial charge in [-0.3, -0.25) is 9.88 Å². The predicted molar refractivity (Wildman–Crippen MR) is 116 cm³/mol. The van der Waals surface area contributed by atoms with E-state index >= 15 is 0 Å². The summed E-state index contributed by atoms with van der Waals surface area (Å²) in [4.78, 5) is 21.1. The number of hydrogen-bond donors (Lipinski definition) is 2. The second kappa shape index (κ2) is 8.19. The number of benzene rings is 1. The van der Waals surface area contributed by atoms with Crippen molar-refractivity contribution < 1.29 is 14.1 Å². The van der Waals surface area contributed by atoms with Crippen LogP contribution < -0.4 is 15.4 Å². The Balaban J connectivity index is 1.51. The summed E-state index contributed by atoms with van der Waals surface area (Å²) >= 11 is 0. The molecule has 3 heterocycles. The van der Waals surface area contributed by atoms with Crippen LogP contribution in [0.2, 0.25) is 0 Å². The van der Waals surface area contributed by atoms with E-state index in [1.807, 2.05) is 46.0 Å². The minimum Gasteiger partial charge on any atom is -0.439 e. The Bertz CT molecular complexity index is 1220. The molecule has 1 amide bonds. The van der Waals surface area contributed by atoms with Crippen LogP contribution in [0.1, 0.15) is 32.2 Å². The number of aromatic nitrogens is 4. The second-order valence-corrected chi connectivity index (χ2v) is 8.14. The molecule has 0 unspecified atom stereocenters. The van der Waals surface area contributed by atoms with E-state index in [9.17, 15) is 4.79 Å². The topological polar surface area (TPSA) is 107 Å². The zero-order chi connectivity index (χ0) is 22.0. The molecule has 9 nitrogen and oxygen atoms in total. The van der Waals surface area contributed by atoms with Crippen molar-refractivity contribution in [2.45, 2.75) is 32.7 Å². The Morgan fingerprint density at radius 1 is 1.16 bits per heavy atom. The minimum atomic E-state index is -0.340. The number of amides is 1. The first-order valence-electron chi connectivity index (χ1n) is 9.86. The van der Waals surface area contributed by atoms with E-state index in [-0.39, 0.29) is 11.4 Å². The molecular weight excluding hydrogens is 396 g/mol. The second-order valence-electron chi connectivity index (χ2n) is 8.14. The number of nitrogens with zero attached hydrogens (tertiary/aromatic N) is 4. The number of fused-ring (bicyclic) bond motifs is 1. The fourth-order valence-electron chi connectivity index (χ4n) is 3.05. The van der Waals surface area contributed by atoms with Gasteiger partial charge in [-0.25, -0.2) is 14.8 Å². The van der Waals surface area contributed by atoms with Gasteiger partial charge in [-0.15, -0.1) is 0 Å². The summed E-state index contributed by atoms with van der Waals surface area (Å²) in [5.74, 6) is 1.37. The lowest BCUT2D eigenvalue weighted by Gasteiger charge is -2.12. The van der Waals surface area contributed by atoms with Crippen LogP contribution in [0, 0.1) is 0 Å². The maximum Gasteiger partial charge on any atom is 0.332 e. The van der Waals surface area contributed by atoms with Crippen molar-refractivity contribution in [3.8, 4) is 11.6 Å². The highest BCUT2D eigenvalue weighted by molar-refractivity contribution is 5.98. The highest BCUT2D eigenvalue weighted by Crippen LogP contribution is 2.27. The van der Waals surface area contributed by atoms with Gasteiger partial charge in [-0.1, -0.05) is 25.9 Å². The molecule has 0 aliphatic rings. The molecule has 4 aromatic rings. The van der Waals surface area contributed by atoms with Crippen molar-refractivity contribution in [3.05, 3.63) is 60.3 Å². The van der Waals surface area contributed by atoms with Crippen molar-refractivity contribution in [1.82, 2.24) is 25.0 Å². The van der Waals surface area contributed by atoms with E-state index in [4.69, 9.17) is 9.26 Å². The molecule has 0 bridgehead atoms. The van der Waals surface area contributed by atoms with E-state index in [2.05, 4.69) is 25.8 Å². The number of anilines is 1. The molecule has 0 radical (unpaired) electrons. The molecule has 160 valence electrons. The average molecular weight is 420 g/mol. The molecule has 3 aromatic heterocycles. The lowest BCUT2D eigenvalue weighted by Crippen LogP contribution is -2.18. The van der Waals surface area contributed by atoms with Gasteiger partial charge in [-0.05, 0) is 31.3 Å². The Hall–Kier alpha value is -3.72. The molecule has 0 saturated carbocycles. The third kappa shape index (κ3) is 4.56. The summed E-state index contributed by atoms with van der Waals surface area (Å²) in [5, 5.41) is 10.7. The Morgan fingerprint density at radius 3 is 2.74 bits per heavy atom. The van der Waals surface area contributed by atoms with Gasteiger partial charge in [0.05, 0.1) is 16.9 Å². The highest BCUT2D eigenvalue weighted by Gasteiger charge is 2.20. The summed E-state index contributed by atoms with van der Waals surface area (Å²) in [5.41, 5.74) is 2.17. The van der Waals surface area contributed by atoms with Crippen LogP contribution >= 0.6 is 0 Å². The molecule has 0 saturated heterocycles. The van der Waals surface area contributed by atoms with E-state index in [0.29, 0.717) is 24.1 Å². The van der Waals surface area contributed by atoms with Gasteiger partial charge < -0.3 is 14.6 Å². The van der Waals surface area contributed by atoms with Crippen LogP contribution in [-0.4, -0.2) is 32.8 Å². The normalized spacial score (nSPS) is 11.6. The van der Waals surface area contributed by atoms with Crippen LogP contribution in [-0.2, 0) is 12.0 Å². The van der Waals surface area contributed by atoms with E-state index < -0.39 is 0 Å². The zero-order valence-electron chi connectivity index (χ0n) is 17.8. The summed E-state index contributed by atoms with van der Waals surface area (Å²) in [7, 11) is 1.85. The van der Waals surface area contributed by atoms with E-state index in [1.54, 1.807) is 24.4 Å². The molecule has 4 rings (SSSR count). The maximum absolute atomic E-state index is 12.7. The highest BCUT2D eigenvalue weighted by atomic mass is 16.5. The number of carbonyl (C=O) groups excluding carboxylic acids is 1. The quantitative estimate of drug-likeness (QED) is 0.495. The number of hydrogen-bond acceptors (Lipinski definition) is 7.